The summed E-state index contributed by atoms with van der Waals surface area (Å²) in [6.45, 7) is 3.82. The van der Waals surface area contributed by atoms with Gasteiger partial charge in [-0.2, -0.15) is 4.98 Å². The van der Waals surface area contributed by atoms with E-state index in [-0.39, 0.29) is 12.4 Å². The van der Waals surface area contributed by atoms with Crippen LogP contribution in [0.1, 0.15) is 43.3 Å². The second-order valence-electron chi connectivity index (χ2n) is 5.36. The van der Waals surface area contributed by atoms with Crippen LogP contribution in [0, 0.1) is 5.92 Å². The fourth-order valence-corrected chi connectivity index (χ4v) is 2.80. The molecule has 2 saturated heterocycles. The van der Waals surface area contributed by atoms with Crippen LogP contribution in [-0.2, 0) is 11.2 Å². The number of aromatic nitrogens is 2. The van der Waals surface area contributed by atoms with Gasteiger partial charge in [0.2, 0.25) is 5.89 Å². The third kappa shape index (κ3) is 3.91. The van der Waals surface area contributed by atoms with Crippen molar-refractivity contribution >= 4 is 12.4 Å². The van der Waals surface area contributed by atoms with Gasteiger partial charge in [0, 0.05) is 18.9 Å². The van der Waals surface area contributed by atoms with Crippen LogP contribution < -0.4 is 5.32 Å². The van der Waals surface area contributed by atoms with Gasteiger partial charge < -0.3 is 14.6 Å². The number of nitrogens with zero attached hydrogens (tertiary/aromatic N) is 2. The molecule has 3 heterocycles. The van der Waals surface area contributed by atoms with Crippen LogP contribution in [0.15, 0.2) is 4.52 Å². The van der Waals surface area contributed by atoms with E-state index in [2.05, 4.69) is 15.5 Å². The van der Waals surface area contributed by atoms with E-state index in [0.717, 1.165) is 50.9 Å². The molecule has 0 saturated carbocycles. The number of hydrogen-bond acceptors (Lipinski definition) is 5. The molecule has 0 radical (unpaired) electrons. The smallest absolute Gasteiger partial charge is 0.226 e. The zero-order valence-corrected chi connectivity index (χ0v) is 12.0. The van der Waals surface area contributed by atoms with Crippen molar-refractivity contribution in [2.45, 2.75) is 38.0 Å². The molecule has 1 aromatic heterocycles. The molecule has 1 aromatic rings. The fourth-order valence-electron chi connectivity index (χ4n) is 2.80. The number of rotatable bonds is 3. The summed E-state index contributed by atoms with van der Waals surface area (Å²) in [7, 11) is 0. The third-order valence-electron chi connectivity index (χ3n) is 3.94. The second kappa shape index (κ2) is 7.22. The lowest BCUT2D eigenvalue weighted by molar-refractivity contribution is 0.192. The van der Waals surface area contributed by atoms with Crippen molar-refractivity contribution in [3.63, 3.8) is 0 Å². The third-order valence-corrected chi connectivity index (χ3v) is 3.94. The average molecular weight is 288 g/mol. The quantitative estimate of drug-likeness (QED) is 0.920. The van der Waals surface area contributed by atoms with E-state index in [1.165, 1.54) is 19.3 Å². The van der Waals surface area contributed by atoms with Crippen LogP contribution in [0.4, 0.5) is 0 Å². The minimum Gasteiger partial charge on any atom is -0.381 e. The molecular formula is C13H22ClN3O2. The molecule has 108 valence electrons. The molecular weight excluding hydrogens is 266 g/mol. The summed E-state index contributed by atoms with van der Waals surface area (Å²) < 4.78 is 10.7. The SMILES string of the molecule is C1CNCCC(Cc2nc(C3CCOC3)no2)C1.Cl. The Labute approximate surface area is 119 Å². The first-order chi connectivity index (χ1) is 8.92. The van der Waals surface area contributed by atoms with Crippen molar-refractivity contribution in [3.8, 4) is 0 Å². The number of hydrogen-bond donors (Lipinski definition) is 1. The molecule has 2 aliphatic rings. The monoisotopic (exact) mass is 287 g/mol. The van der Waals surface area contributed by atoms with E-state index in [0.29, 0.717) is 11.8 Å². The maximum Gasteiger partial charge on any atom is 0.226 e. The molecule has 2 unspecified atom stereocenters. The summed E-state index contributed by atoms with van der Waals surface area (Å²) in [5, 5.41) is 7.54. The lowest BCUT2D eigenvalue weighted by Crippen LogP contribution is -2.14. The molecule has 0 aliphatic carbocycles. The van der Waals surface area contributed by atoms with E-state index in [1.807, 2.05) is 0 Å². The molecule has 0 aromatic carbocycles. The van der Waals surface area contributed by atoms with E-state index in [1.54, 1.807) is 0 Å². The van der Waals surface area contributed by atoms with Crippen LogP contribution >= 0.6 is 12.4 Å². The summed E-state index contributed by atoms with van der Waals surface area (Å²) in [5.74, 6) is 2.68. The highest BCUT2D eigenvalue weighted by Crippen LogP contribution is 2.24. The van der Waals surface area contributed by atoms with Crippen molar-refractivity contribution in [2.24, 2.45) is 5.92 Å². The van der Waals surface area contributed by atoms with Crippen LogP contribution in [0.5, 0.6) is 0 Å². The first kappa shape index (κ1) is 14.8. The molecule has 5 nitrogen and oxygen atoms in total. The minimum atomic E-state index is 0. The van der Waals surface area contributed by atoms with Gasteiger partial charge in [0.25, 0.3) is 0 Å². The molecule has 0 bridgehead atoms. The van der Waals surface area contributed by atoms with Crippen molar-refractivity contribution in [1.82, 2.24) is 15.5 Å². The van der Waals surface area contributed by atoms with Gasteiger partial charge in [-0.25, -0.2) is 0 Å². The van der Waals surface area contributed by atoms with Crippen LogP contribution in [0.2, 0.25) is 0 Å². The summed E-state index contributed by atoms with van der Waals surface area (Å²) in [6.07, 6.45) is 5.68. The zero-order valence-electron chi connectivity index (χ0n) is 11.1. The summed E-state index contributed by atoms with van der Waals surface area (Å²) in [6, 6.07) is 0. The normalized spacial score (nSPS) is 27.8. The van der Waals surface area contributed by atoms with E-state index in [4.69, 9.17) is 9.26 Å². The standard InChI is InChI=1S/C13H21N3O2.ClH/c1-2-10(3-6-14-5-1)8-12-15-13(16-18-12)11-4-7-17-9-11;/h10-11,14H,1-9H2;1H. The molecule has 2 atom stereocenters. The van der Waals surface area contributed by atoms with Crippen LogP contribution in [0.25, 0.3) is 0 Å². The van der Waals surface area contributed by atoms with Gasteiger partial charge >= 0.3 is 0 Å². The Kier molecular flexibility index (Phi) is 5.60. The van der Waals surface area contributed by atoms with Crippen molar-refractivity contribution in [3.05, 3.63) is 11.7 Å². The minimum absolute atomic E-state index is 0. The lowest BCUT2D eigenvalue weighted by Gasteiger charge is -2.09. The highest BCUT2D eigenvalue weighted by atomic mass is 35.5. The molecule has 19 heavy (non-hydrogen) atoms. The highest BCUT2D eigenvalue weighted by molar-refractivity contribution is 5.85. The second-order valence-corrected chi connectivity index (χ2v) is 5.36. The molecule has 2 fully saturated rings. The molecule has 2 aliphatic heterocycles. The van der Waals surface area contributed by atoms with Gasteiger partial charge in [-0.15, -0.1) is 12.4 Å². The first-order valence-electron chi connectivity index (χ1n) is 7.03. The molecule has 0 amide bonds. The maximum atomic E-state index is 5.38. The van der Waals surface area contributed by atoms with E-state index < -0.39 is 0 Å². The lowest BCUT2D eigenvalue weighted by atomic mass is 9.97. The predicted octanol–water partition coefficient (Wildman–Crippen LogP) is 1.93. The fraction of sp³-hybridized carbons (Fsp3) is 0.846. The Balaban J connectivity index is 0.00000133. The van der Waals surface area contributed by atoms with Crippen LogP contribution in [-0.4, -0.2) is 36.4 Å². The molecule has 1 N–H and O–H groups in total. The van der Waals surface area contributed by atoms with Gasteiger partial charge in [0.1, 0.15) is 0 Å². The Hall–Kier alpha value is -0.650. The number of halogens is 1. The highest BCUT2D eigenvalue weighted by Gasteiger charge is 2.24. The van der Waals surface area contributed by atoms with E-state index >= 15 is 0 Å². The topological polar surface area (TPSA) is 60.2 Å². The average Bonchev–Trinajstić information content (AvgIpc) is 2.98. The number of nitrogens with one attached hydrogen (secondary N) is 1. The van der Waals surface area contributed by atoms with Crippen molar-refractivity contribution in [2.75, 3.05) is 26.3 Å². The predicted molar refractivity (Wildman–Crippen MR) is 73.6 cm³/mol. The van der Waals surface area contributed by atoms with Crippen molar-refractivity contribution < 1.29 is 9.26 Å². The zero-order chi connectivity index (χ0) is 12.2. The Morgan fingerprint density at radius 1 is 1.21 bits per heavy atom. The van der Waals surface area contributed by atoms with Gasteiger partial charge in [0.05, 0.1) is 6.61 Å². The van der Waals surface area contributed by atoms with Gasteiger partial charge in [0.15, 0.2) is 5.82 Å². The van der Waals surface area contributed by atoms with Crippen molar-refractivity contribution in [1.29, 1.82) is 0 Å². The largest absolute Gasteiger partial charge is 0.381 e. The first-order valence-corrected chi connectivity index (χ1v) is 7.03. The molecule has 6 heteroatoms. The summed E-state index contributed by atoms with van der Waals surface area (Å²) in [4.78, 5) is 4.54. The van der Waals surface area contributed by atoms with E-state index in [9.17, 15) is 0 Å². The molecule has 3 rings (SSSR count). The molecule has 0 spiro atoms. The maximum absolute atomic E-state index is 5.38. The van der Waals surface area contributed by atoms with Crippen LogP contribution in [0.3, 0.4) is 0 Å². The Bertz CT molecular complexity index is 372. The van der Waals surface area contributed by atoms with Gasteiger partial charge in [-0.3, -0.25) is 0 Å². The Morgan fingerprint density at radius 2 is 2.16 bits per heavy atom. The van der Waals surface area contributed by atoms with Gasteiger partial charge in [-0.1, -0.05) is 5.16 Å². The number of ether oxygens (including phenoxy) is 1. The Morgan fingerprint density at radius 3 is 3.00 bits per heavy atom. The van der Waals surface area contributed by atoms with Gasteiger partial charge in [-0.05, 0) is 44.7 Å². The summed E-state index contributed by atoms with van der Waals surface area (Å²) in [5.41, 5.74) is 0. The summed E-state index contributed by atoms with van der Waals surface area (Å²) >= 11 is 0.